The van der Waals surface area contributed by atoms with Gasteiger partial charge in [0.1, 0.15) is 6.54 Å². The molecule has 0 bridgehead atoms. The third kappa shape index (κ3) is 1.54. The molecule has 2 heterocycles. The van der Waals surface area contributed by atoms with Crippen molar-refractivity contribution in [2.24, 2.45) is 0 Å². The van der Waals surface area contributed by atoms with E-state index in [9.17, 15) is 4.79 Å². The van der Waals surface area contributed by atoms with Crippen molar-refractivity contribution in [1.82, 2.24) is 14.7 Å². The van der Waals surface area contributed by atoms with Crippen LogP contribution in [-0.4, -0.2) is 27.6 Å². The summed E-state index contributed by atoms with van der Waals surface area (Å²) in [6.07, 6.45) is 0. The van der Waals surface area contributed by atoms with Gasteiger partial charge in [0.15, 0.2) is 0 Å². The number of carbonyl (C=O) groups is 1. The lowest BCUT2D eigenvalue weighted by Gasteiger charge is -2.23. The molecule has 1 aromatic rings. The molecule has 1 aromatic heterocycles. The SMILES string of the molecule is Cc1c(C(C)C)nn2c1CN(C)C(=O)C2. The van der Waals surface area contributed by atoms with E-state index in [1.807, 2.05) is 11.7 Å². The van der Waals surface area contributed by atoms with Crippen LogP contribution in [0.1, 0.15) is 36.7 Å². The second kappa shape index (κ2) is 3.36. The van der Waals surface area contributed by atoms with E-state index in [1.54, 1.807) is 4.90 Å². The van der Waals surface area contributed by atoms with Crippen molar-refractivity contribution in [1.29, 1.82) is 0 Å². The van der Waals surface area contributed by atoms with E-state index in [2.05, 4.69) is 25.9 Å². The first-order chi connectivity index (χ1) is 7.00. The molecule has 0 saturated carbocycles. The molecule has 1 aliphatic heterocycles. The van der Waals surface area contributed by atoms with Crippen LogP contribution in [0.3, 0.4) is 0 Å². The maximum Gasteiger partial charge on any atom is 0.244 e. The van der Waals surface area contributed by atoms with Gasteiger partial charge in [-0.3, -0.25) is 9.48 Å². The molecule has 0 radical (unpaired) electrons. The van der Waals surface area contributed by atoms with Gasteiger partial charge in [0.2, 0.25) is 5.91 Å². The second-order valence-electron chi connectivity index (χ2n) is 4.52. The van der Waals surface area contributed by atoms with Crippen LogP contribution in [0.15, 0.2) is 0 Å². The first-order valence-corrected chi connectivity index (χ1v) is 5.31. The van der Waals surface area contributed by atoms with E-state index in [0.29, 0.717) is 19.0 Å². The molecule has 0 spiro atoms. The van der Waals surface area contributed by atoms with Crippen molar-refractivity contribution in [3.8, 4) is 0 Å². The van der Waals surface area contributed by atoms with Crippen molar-refractivity contribution in [2.45, 2.75) is 39.8 Å². The number of fused-ring (bicyclic) bond motifs is 1. The summed E-state index contributed by atoms with van der Waals surface area (Å²) >= 11 is 0. The van der Waals surface area contributed by atoms with Gasteiger partial charge < -0.3 is 4.90 Å². The minimum absolute atomic E-state index is 0.139. The van der Waals surface area contributed by atoms with E-state index in [0.717, 1.165) is 5.69 Å². The molecule has 4 nitrogen and oxygen atoms in total. The summed E-state index contributed by atoms with van der Waals surface area (Å²) in [6, 6.07) is 0. The zero-order valence-corrected chi connectivity index (χ0v) is 9.74. The summed E-state index contributed by atoms with van der Waals surface area (Å²) < 4.78 is 1.85. The fourth-order valence-electron chi connectivity index (χ4n) is 2.05. The minimum atomic E-state index is 0.139. The van der Waals surface area contributed by atoms with Gasteiger partial charge in [0.05, 0.1) is 17.9 Å². The molecule has 0 aromatic carbocycles. The molecule has 0 unspecified atom stereocenters. The third-order valence-electron chi connectivity index (χ3n) is 3.00. The molecule has 0 saturated heterocycles. The molecule has 0 N–H and O–H groups in total. The van der Waals surface area contributed by atoms with Crippen LogP contribution < -0.4 is 0 Å². The van der Waals surface area contributed by atoms with E-state index >= 15 is 0 Å². The number of nitrogens with zero attached hydrogens (tertiary/aromatic N) is 3. The Labute approximate surface area is 89.9 Å². The summed E-state index contributed by atoms with van der Waals surface area (Å²) in [5, 5.41) is 4.50. The standard InChI is InChI=1S/C11H17N3O/c1-7(2)11-8(3)9-5-13(4)10(15)6-14(9)12-11/h7H,5-6H2,1-4H3. The highest BCUT2D eigenvalue weighted by atomic mass is 16.2. The van der Waals surface area contributed by atoms with Crippen LogP contribution in [0.4, 0.5) is 0 Å². The van der Waals surface area contributed by atoms with E-state index in [-0.39, 0.29) is 5.91 Å². The van der Waals surface area contributed by atoms with E-state index in [4.69, 9.17) is 0 Å². The van der Waals surface area contributed by atoms with Crippen LogP contribution in [0.5, 0.6) is 0 Å². The van der Waals surface area contributed by atoms with Gasteiger partial charge in [-0.15, -0.1) is 0 Å². The van der Waals surface area contributed by atoms with Gasteiger partial charge in [-0.1, -0.05) is 13.8 Å². The zero-order chi connectivity index (χ0) is 11.2. The molecule has 1 aliphatic rings. The Balaban J connectivity index is 2.46. The largest absolute Gasteiger partial charge is 0.338 e. The summed E-state index contributed by atoms with van der Waals surface area (Å²) in [4.78, 5) is 13.3. The first-order valence-electron chi connectivity index (χ1n) is 5.31. The quantitative estimate of drug-likeness (QED) is 0.696. The molecule has 0 fully saturated rings. The topological polar surface area (TPSA) is 38.1 Å². The number of hydrogen-bond donors (Lipinski definition) is 0. The van der Waals surface area contributed by atoms with Gasteiger partial charge in [-0.2, -0.15) is 5.10 Å². The predicted molar refractivity (Wildman–Crippen MR) is 57.5 cm³/mol. The van der Waals surface area contributed by atoms with Gasteiger partial charge >= 0.3 is 0 Å². The maximum atomic E-state index is 11.5. The van der Waals surface area contributed by atoms with Crippen LogP contribution in [0.25, 0.3) is 0 Å². The summed E-state index contributed by atoms with van der Waals surface area (Å²) in [6.45, 7) is 7.43. The maximum absolute atomic E-state index is 11.5. The number of likely N-dealkylation sites (N-methyl/N-ethyl adjacent to an activating group) is 1. The number of carbonyl (C=O) groups excluding carboxylic acids is 1. The summed E-state index contributed by atoms with van der Waals surface area (Å²) in [5.41, 5.74) is 3.54. The molecule has 2 rings (SSSR count). The molecule has 15 heavy (non-hydrogen) atoms. The highest BCUT2D eigenvalue weighted by Gasteiger charge is 2.25. The smallest absolute Gasteiger partial charge is 0.244 e. The third-order valence-corrected chi connectivity index (χ3v) is 3.00. The van der Waals surface area contributed by atoms with Gasteiger partial charge in [-0.25, -0.2) is 0 Å². The van der Waals surface area contributed by atoms with Crippen LogP contribution in [-0.2, 0) is 17.9 Å². The highest BCUT2D eigenvalue weighted by Crippen LogP contribution is 2.24. The lowest BCUT2D eigenvalue weighted by atomic mass is 10.0. The molecule has 1 amide bonds. The Morgan fingerprint density at radius 2 is 2.00 bits per heavy atom. The number of hydrogen-bond acceptors (Lipinski definition) is 2. The van der Waals surface area contributed by atoms with Gasteiger partial charge in [0.25, 0.3) is 0 Å². The average molecular weight is 207 g/mol. The predicted octanol–water partition coefficient (Wildman–Crippen LogP) is 1.29. The van der Waals surface area contributed by atoms with Crippen LogP contribution in [0.2, 0.25) is 0 Å². The van der Waals surface area contributed by atoms with Crippen molar-refractivity contribution < 1.29 is 4.79 Å². The average Bonchev–Trinajstić information content (AvgIpc) is 2.46. The number of rotatable bonds is 1. The molecular formula is C11H17N3O. The lowest BCUT2D eigenvalue weighted by molar-refractivity contribution is -0.132. The monoisotopic (exact) mass is 207 g/mol. The lowest BCUT2D eigenvalue weighted by Crippen LogP contribution is -2.36. The molecule has 4 heteroatoms. The van der Waals surface area contributed by atoms with Crippen LogP contribution in [0, 0.1) is 6.92 Å². The van der Waals surface area contributed by atoms with E-state index < -0.39 is 0 Å². The Hall–Kier alpha value is -1.32. The first kappa shape index (κ1) is 10.2. The van der Waals surface area contributed by atoms with Gasteiger partial charge in [-0.05, 0) is 18.4 Å². The molecule has 0 aliphatic carbocycles. The van der Waals surface area contributed by atoms with Gasteiger partial charge in [0, 0.05) is 7.05 Å². The molecule has 0 atom stereocenters. The Bertz CT molecular complexity index is 406. The summed E-state index contributed by atoms with van der Waals surface area (Å²) in [7, 11) is 1.84. The fourth-order valence-corrected chi connectivity index (χ4v) is 2.05. The van der Waals surface area contributed by atoms with Crippen molar-refractivity contribution in [2.75, 3.05) is 7.05 Å². The Morgan fingerprint density at radius 1 is 1.33 bits per heavy atom. The molecule has 82 valence electrons. The van der Waals surface area contributed by atoms with Crippen molar-refractivity contribution in [3.63, 3.8) is 0 Å². The highest BCUT2D eigenvalue weighted by molar-refractivity contribution is 5.76. The number of aromatic nitrogens is 2. The zero-order valence-electron chi connectivity index (χ0n) is 9.74. The minimum Gasteiger partial charge on any atom is -0.338 e. The van der Waals surface area contributed by atoms with Crippen molar-refractivity contribution in [3.05, 3.63) is 17.0 Å². The Morgan fingerprint density at radius 3 is 2.60 bits per heavy atom. The number of amides is 1. The normalized spacial score (nSPS) is 16.1. The summed E-state index contributed by atoms with van der Waals surface area (Å²) in [5.74, 6) is 0.559. The van der Waals surface area contributed by atoms with Crippen LogP contribution >= 0.6 is 0 Å². The second-order valence-corrected chi connectivity index (χ2v) is 4.52. The van der Waals surface area contributed by atoms with E-state index in [1.165, 1.54) is 11.3 Å². The fraction of sp³-hybridized carbons (Fsp3) is 0.636. The Kier molecular flexibility index (Phi) is 2.29. The molecular weight excluding hydrogens is 190 g/mol. The van der Waals surface area contributed by atoms with Crippen molar-refractivity contribution >= 4 is 5.91 Å².